The van der Waals surface area contributed by atoms with Gasteiger partial charge in [-0.3, -0.25) is 9.78 Å². The Hall–Kier alpha value is -2.70. The van der Waals surface area contributed by atoms with Crippen molar-refractivity contribution in [2.45, 2.75) is 6.54 Å². The molecular weight excluding hydrogens is 361 g/mol. The van der Waals surface area contributed by atoms with Crippen LogP contribution in [0.1, 0.15) is 16.1 Å². The zero-order chi connectivity index (χ0) is 17.6. The van der Waals surface area contributed by atoms with Crippen LogP contribution in [0.5, 0.6) is 0 Å². The number of amides is 1. The van der Waals surface area contributed by atoms with Gasteiger partial charge in [0.25, 0.3) is 5.91 Å². The minimum absolute atomic E-state index is 0.224. The number of carbonyl (C=O) groups excluding carboxylic acids is 1. The van der Waals surface area contributed by atoms with Crippen LogP contribution in [-0.2, 0) is 6.54 Å². The van der Waals surface area contributed by atoms with Crippen molar-refractivity contribution in [3.8, 4) is 0 Å². The van der Waals surface area contributed by atoms with Crippen LogP contribution >= 0.6 is 23.2 Å². The molecule has 2 aromatic heterocycles. The van der Waals surface area contributed by atoms with E-state index in [4.69, 9.17) is 23.2 Å². The highest BCUT2D eigenvalue weighted by molar-refractivity contribution is 6.36. The van der Waals surface area contributed by atoms with Gasteiger partial charge in [-0.15, -0.1) is 0 Å². The van der Waals surface area contributed by atoms with Gasteiger partial charge in [0.15, 0.2) is 0 Å². The van der Waals surface area contributed by atoms with Gasteiger partial charge in [0.2, 0.25) is 0 Å². The number of rotatable bonds is 5. The van der Waals surface area contributed by atoms with Crippen LogP contribution in [0, 0.1) is 0 Å². The predicted molar refractivity (Wildman–Crippen MR) is 97.2 cm³/mol. The second kappa shape index (κ2) is 7.92. The van der Waals surface area contributed by atoms with Crippen LogP contribution < -0.4 is 10.6 Å². The van der Waals surface area contributed by atoms with Crippen molar-refractivity contribution >= 4 is 40.6 Å². The van der Waals surface area contributed by atoms with Crippen molar-refractivity contribution in [1.29, 1.82) is 0 Å². The fourth-order valence-electron chi connectivity index (χ4n) is 2.01. The van der Waals surface area contributed by atoms with Gasteiger partial charge in [-0.2, -0.15) is 0 Å². The lowest BCUT2D eigenvalue weighted by molar-refractivity contribution is 0.0945. The molecule has 126 valence electrons. The lowest BCUT2D eigenvalue weighted by atomic mass is 10.2. The molecule has 0 fully saturated rings. The van der Waals surface area contributed by atoms with Crippen LogP contribution in [-0.4, -0.2) is 20.9 Å². The van der Waals surface area contributed by atoms with E-state index in [0.717, 1.165) is 5.56 Å². The van der Waals surface area contributed by atoms with E-state index >= 15 is 0 Å². The van der Waals surface area contributed by atoms with Crippen molar-refractivity contribution in [1.82, 2.24) is 20.3 Å². The highest BCUT2D eigenvalue weighted by Gasteiger charge is 2.09. The van der Waals surface area contributed by atoms with E-state index in [1.807, 2.05) is 12.1 Å². The normalized spacial score (nSPS) is 10.3. The summed E-state index contributed by atoms with van der Waals surface area (Å²) in [6, 6.07) is 8.73. The minimum atomic E-state index is -0.305. The summed E-state index contributed by atoms with van der Waals surface area (Å²) in [6.07, 6.45) is 6.20. The molecule has 3 aromatic rings. The quantitative estimate of drug-likeness (QED) is 0.709. The number of anilines is 2. The Labute approximate surface area is 154 Å². The second-order valence-electron chi connectivity index (χ2n) is 5.07. The topological polar surface area (TPSA) is 79.8 Å². The third-order valence-electron chi connectivity index (χ3n) is 3.28. The summed E-state index contributed by atoms with van der Waals surface area (Å²) in [5.74, 6) is 0.162. The molecule has 0 spiro atoms. The maximum absolute atomic E-state index is 12.1. The van der Waals surface area contributed by atoms with Gasteiger partial charge in [-0.25, -0.2) is 9.97 Å². The van der Waals surface area contributed by atoms with E-state index < -0.39 is 0 Å². The van der Waals surface area contributed by atoms with Crippen LogP contribution in [0.2, 0.25) is 10.0 Å². The number of nitrogens with zero attached hydrogens (tertiary/aromatic N) is 3. The van der Waals surface area contributed by atoms with Crippen molar-refractivity contribution in [2.24, 2.45) is 0 Å². The molecule has 3 rings (SSSR count). The van der Waals surface area contributed by atoms with E-state index in [1.165, 1.54) is 12.4 Å². The Morgan fingerprint density at radius 3 is 2.52 bits per heavy atom. The number of nitrogens with one attached hydrogen (secondary N) is 2. The van der Waals surface area contributed by atoms with Gasteiger partial charge in [-0.05, 0) is 35.9 Å². The molecule has 2 N–H and O–H groups in total. The average Bonchev–Trinajstić information content (AvgIpc) is 2.63. The molecule has 2 heterocycles. The van der Waals surface area contributed by atoms with Crippen LogP contribution in [0.15, 0.2) is 55.1 Å². The van der Waals surface area contributed by atoms with Crippen molar-refractivity contribution < 1.29 is 4.79 Å². The van der Waals surface area contributed by atoms with Gasteiger partial charge in [0, 0.05) is 24.0 Å². The van der Waals surface area contributed by atoms with E-state index in [2.05, 4.69) is 25.6 Å². The Balaban J connectivity index is 1.62. The van der Waals surface area contributed by atoms with Gasteiger partial charge in [0.05, 0.1) is 23.1 Å². The summed E-state index contributed by atoms with van der Waals surface area (Å²) < 4.78 is 0. The molecule has 6 nitrogen and oxygen atoms in total. The van der Waals surface area contributed by atoms with Gasteiger partial charge >= 0.3 is 0 Å². The molecule has 0 saturated heterocycles. The molecular formula is C17H13Cl2N5O. The molecule has 1 aromatic carbocycles. The lowest BCUT2D eigenvalue weighted by Gasteiger charge is -2.08. The Kier molecular flexibility index (Phi) is 5.42. The first-order valence-corrected chi connectivity index (χ1v) is 8.08. The molecule has 0 aliphatic heterocycles. The molecule has 0 unspecified atom stereocenters. The molecule has 25 heavy (non-hydrogen) atoms. The fraction of sp³-hybridized carbons (Fsp3) is 0.0588. The van der Waals surface area contributed by atoms with E-state index in [1.54, 1.807) is 30.6 Å². The van der Waals surface area contributed by atoms with E-state index in [9.17, 15) is 4.79 Å². The molecule has 8 heteroatoms. The number of halogens is 2. The van der Waals surface area contributed by atoms with Crippen LogP contribution in [0.3, 0.4) is 0 Å². The Morgan fingerprint density at radius 2 is 1.84 bits per heavy atom. The Bertz CT molecular complexity index is 872. The molecule has 0 bridgehead atoms. The lowest BCUT2D eigenvalue weighted by Crippen LogP contribution is -2.24. The molecule has 0 atom stereocenters. The standard InChI is InChI=1S/C17H13Cl2N5O/c18-12-1-2-14(13(19)7-12)24-16-10-21-15(9-22-16)17(25)23-8-11-3-5-20-6-4-11/h1-7,9-10H,8H2,(H,22,24)(H,23,25). The summed E-state index contributed by atoms with van der Waals surface area (Å²) in [6.45, 7) is 0.392. The molecule has 0 saturated carbocycles. The zero-order valence-electron chi connectivity index (χ0n) is 12.9. The maximum atomic E-state index is 12.1. The third kappa shape index (κ3) is 4.65. The van der Waals surface area contributed by atoms with Crippen molar-refractivity contribution in [3.05, 3.63) is 76.4 Å². The Morgan fingerprint density at radius 1 is 1.04 bits per heavy atom. The number of hydrogen-bond acceptors (Lipinski definition) is 5. The highest BCUT2D eigenvalue weighted by Crippen LogP contribution is 2.27. The molecule has 0 aliphatic carbocycles. The molecule has 0 radical (unpaired) electrons. The number of carbonyl (C=O) groups is 1. The summed E-state index contributed by atoms with van der Waals surface area (Å²) in [7, 11) is 0. The summed E-state index contributed by atoms with van der Waals surface area (Å²) >= 11 is 12.0. The average molecular weight is 374 g/mol. The predicted octanol–water partition coefficient (Wildman–Crippen LogP) is 3.85. The first kappa shape index (κ1) is 17.1. The summed E-state index contributed by atoms with van der Waals surface area (Å²) in [5.41, 5.74) is 1.82. The minimum Gasteiger partial charge on any atom is -0.347 e. The number of benzene rings is 1. The first-order valence-electron chi connectivity index (χ1n) is 7.33. The van der Waals surface area contributed by atoms with Crippen molar-refractivity contribution in [3.63, 3.8) is 0 Å². The zero-order valence-corrected chi connectivity index (χ0v) is 14.4. The van der Waals surface area contributed by atoms with Crippen LogP contribution in [0.25, 0.3) is 0 Å². The van der Waals surface area contributed by atoms with Crippen molar-refractivity contribution in [2.75, 3.05) is 5.32 Å². The molecule has 1 amide bonds. The summed E-state index contributed by atoms with van der Waals surface area (Å²) in [5, 5.41) is 6.81. The highest BCUT2D eigenvalue weighted by atomic mass is 35.5. The smallest absolute Gasteiger partial charge is 0.271 e. The third-order valence-corrected chi connectivity index (χ3v) is 3.83. The van der Waals surface area contributed by atoms with E-state index in [0.29, 0.717) is 28.1 Å². The van der Waals surface area contributed by atoms with Crippen LogP contribution in [0.4, 0.5) is 11.5 Å². The first-order chi connectivity index (χ1) is 12.1. The van der Waals surface area contributed by atoms with Gasteiger partial charge in [0.1, 0.15) is 11.5 Å². The largest absolute Gasteiger partial charge is 0.347 e. The fourth-order valence-corrected chi connectivity index (χ4v) is 2.47. The van der Waals surface area contributed by atoms with Gasteiger partial charge < -0.3 is 10.6 Å². The number of aromatic nitrogens is 3. The second-order valence-corrected chi connectivity index (χ2v) is 5.92. The number of hydrogen-bond donors (Lipinski definition) is 2. The van der Waals surface area contributed by atoms with Gasteiger partial charge in [-0.1, -0.05) is 23.2 Å². The number of pyridine rings is 1. The SMILES string of the molecule is O=C(NCc1ccncc1)c1cnc(Nc2ccc(Cl)cc2Cl)cn1. The maximum Gasteiger partial charge on any atom is 0.271 e. The molecule has 0 aliphatic rings. The monoisotopic (exact) mass is 373 g/mol. The summed E-state index contributed by atoms with van der Waals surface area (Å²) in [4.78, 5) is 24.3. The van der Waals surface area contributed by atoms with E-state index in [-0.39, 0.29) is 11.6 Å².